The maximum absolute atomic E-state index is 13.1. The second-order valence-corrected chi connectivity index (χ2v) is 6.69. The summed E-state index contributed by atoms with van der Waals surface area (Å²) in [5.41, 5.74) is 1.54. The van der Waals surface area contributed by atoms with Crippen molar-refractivity contribution in [3.05, 3.63) is 70.6 Å². The van der Waals surface area contributed by atoms with Gasteiger partial charge < -0.3 is 9.64 Å². The Morgan fingerprint density at radius 3 is 2.50 bits per heavy atom. The molecule has 6 heteroatoms. The molecule has 1 heterocycles. The van der Waals surface area contributed by atoms with E-state index >= 15 is 0 Å². The molecule has 26 heavy (non-hydrogen) atoms. The standard InChI is InChI=1S/C20H20ClFN2O2/c1-15-20(13-25)23(12-16-2-6-18(22)7-3-16)10-11-24(15)14-26-19-8-4-17(21)5-9-19/h2-9,15H,10-12,14H2,1H3/t15-/m0/s1. The molecule has 0 bridgehead atoms. The molecule has 3 rings (SSSR count). The Kier molecular flexibility index (Phi) is 5.94. The zero-order valence-corrected chi connectivity index (χ0v) is 15.2. The van der Waals surface area contributed by atoms with Gasteiger partial charge in [-0.3, -0.25) is 4.90 Å². The minimum Gasteiger partial charge on any atom is -0.478 e. The van der Waals surface area contributed by atoms with Crippen molar-refractivity contribution >= 4 is 17.5 Å². The highest BCUT2D eigenvalue weighted by atomic mass is 35.5. The SMILES string of the molecule is C[C@H]1C(=C=O)N(Cc2ccc(F)cc2)CCN1COc1ccc(Cl)cc1. The molecule has 0 aliphatic carbocycles. The Labute approximate surface area is 157 Å². The summed E-state index contributed by atoms with van der Waals surface area (Å²) in [5.74, 6) is 2.54. The number of ether oxygens (including phenoxy) is 1. The first-order valence-corrected chi connectivity index (χ1v) is 8.81. The summed E-state index contributed by atoms with van der Waals surface area (Å²) in [7, 11) is 0. The number of hydrogen-bond acceptors (Lipinski definition) is 4. The number of carbonyl (C=O) groups excluding carboxylic acids is 1. The van der Waals surface area contributed by atoms with Gasteiger partial charge in [0.2, 0.25) is 0 Å². The van der Waals surface area contributed by atoms with Crippen molar-refractivity contribution in [3.63, 3.8) is 0 Å². The fourth-order valence-electron chi connectivity index (χ4n) is 2.99. The quantitative estimate of drug-likeness (QED) is 0.746. The van der Waals surface area contributed by atoms with Crippen LogP contribution in [0.15, 0.2) is 54.2 Å². The first kappa shape index (κ1) is 18.5. The van der Waals surface area contributed by atoms with Crippen LogP contribution in [-0.4, -0.2) is 41.6 Å². The van der Waals surface area contributed by atoms with Gasteiger partial charge >= 0.3 is 0 Å². The lowest BCUT2D eigenvalue weighted by atomic mass is 10.1. The van der Waals surface area contributed by atoms with Crippen LogP contribution in [-0.2, 0) is 11.3 Å². The molecule has 0 aromatic heterocycles. The Hall–Kier alpha value is -2.33. The van der Waals surface area contributed by atoms with Crippen molar-refractivity contribution in [1.82, 2.24) is 9.80 Å². The highest BCUT2D eigenvalue weighted by molar-refractivity contribution is 6.30. The molecule has 136 valence electrons. The summed E-state index contributed by atoms with van der Waals surface area (Å²) in [4.78, 5) is 15.6. The minimum atomic E-state index is -0.266. The average molecular weight is 375 g/mol. The molecule has 0 saturated carbocycles. The number of nitrogens with zero attached hydrogens (tertiary/aromatic N) is 2. The average Bonchev–Trinajstić information content (AvgIpc) is 2.64. The van der Waals surface area contributed by atoms with Crippen LogP contribution >= 0.6 is 11.6 Å². The molecule has 0 amide bonds. The Balaban J connectivity index is 1.62. The van der Waals surface area contributed by atoms with Crippen LogP contribution in [0.3, 0.4) is 0 Å². The van der Waals surface area contributed by atoms with Crippen molar-refractivity contribution in [3.8, 4) is 5.75 Å². The largest absolute Gasteiger partial charge is 0.478 e. The summed E-state index contributed by atoms with van der Waals surface area (Å²) in [6.07, 6.45) is 0. The van der Waals surface area contributed by atoms with E-state index in [2.05, 4.69) is 10.8 Å². The molecule has 1 saturated heterocycles. The molecule has 4 nitrogen and oxygen atoms in total. The molecule has 1 atom stereocenters. The van der Waals surface area contributed by atoms with Crippen molar-refractivity contribution in [2.75, 3.05) is 19.8 Å². The highest BCUT2D eigenvalue weighted by Crippen LogP contribution is 2.22. The summed E-state index contributed by atoms with van der Waals surface area (Å²) >= 11 is 5.87. The van der Waals surface area contributed by atoms with E-state index in [1.807, 2.05) is 24.0 Å². The van der Waals surface area contributed by atoms with Gasteiger partial charge in [0.1, 0.15) is 29.9 Å². The number of piperazine rings is 1. The smallest absolute Gasteiger partial charge is 0.147 e. The first-order valence-electron chi connectivity index (χ1n) is 8.43. The maximum atomic E-state index is 13.1. The summed E-state index contributed by atoms with van der Waals surface area (Å²) in [5, 5.41) is 0.659. The van der Waals surface area contributed by atoms with Gasteiger partial charge in [0.25, 0.3) is 0 Å². The fourth-order valence-corrected chi connectivity index (χ4v) is 3.12. The van der Waals surface area contributed by atoms with Gasteiger partial charge in [-0.2, -0.15) is 0 Å². The third-order valence-corrected chi connectivity index (χ3v) is 4.80. The normalized spacial score (nSPS) is 17.9. The summed E-state index contributed by atoms with van der Waals surface area (Å²) in [6.45, 7) is 4.32. The van der Waals surface area contributed by atoms with Crippen molar-refractivity contribution in [2.24, 2.45) is 0 Å². The molecule has 1 aliphatic heterocycles. The molecule has 0 spiro atoms. The van der Waals surface area contributed by atoms with E-state index in [4.69, 9.17) is 16.3 Å². The number of hydrogen-bond donors (Lipinski definition) is 0. The molecule has 0 unspecified atom stereocenters. The molecular weight excluding hydrogens is 355 g/mol. The number of benzene rings is 2. The van der Waals surface area contributed by atoms with E-state index in [1.165, 1.54) is 12.1 Å². The van der Waals surface area contributed by atoms with Gasteiger partial charge in [-0.15, -0.1) is 0 Å². The zero-order chi connectivity index (χ0) is 18.5. The third-order valence-electron chi connectivity index (χ3n) is 4.54. The van der Waals surface area contributed by atoms with Crippen molar-refractivity contribution < 1.29 is 13.9 Å². The van der Waals surface area contributed by atoms with Crippen molar-refractivity contribution in [2.45, 2.75) is 19.5 Å². The molecule has 1 aliphatic rings. The van der Waals surface area contributed by atoms with Gasteiger partial charge in [-0.25, -0.2) is 9.18 Å². The number of halogens is 2. The van der Waals surface area contributed by atoms with Crippen LogP contribution in [0.1, 0.15) is 12.5 Å². The molecule has 2 aromatic rings. The maximum Gasteiger partial charge on any atom is 0.147 e. The van der Waals surface area contributed by atoms with Gasteiger partial charge in [0, 0.05) is 24.7 Å². The minimum absolute atomic E-state index is 0.117. The van der Waals surface area contributed by atoms with Crippen LogP contribution in [0.4, 0.5) is 4.39 Å². The van der Waals surface area contributed by atoms with Gasteiger partial charge in [0.15, 0.2) is 0 Å². The Morgan fingerprint density at radius 1 is 1.15 bits per heavy atom. The predicted octanol–water partition coefficient (Wildman–Crippen LogP) is 3.74. The second kappa shape index (κ2) is 8.37. The number of rotatable bonds is 5. The van der Waals surface area contributed by atoms with Crippen LogP contribution in [0.2, 0.25) is 5.02 Å². The van der Waals surface area contributed by atoms with Crippen molar-refractivity contribution in [1.29, 1.82) is 0 Å². The monoisotopic (exact) mass is 374 g/mol. The third kappa shape index (κ3) is 4.44. The van der Waals surface area contributed by atoms with E-state index in [-0.39, 0.29) is 11.9 Å². The van der Waals surface area contributed by atoms with E-state index in [0.29, 0.717) is 30.5 Å². The molecular formula is C20H20ClFN2O2. The fraction of sp³-hybridized carbons (Fsp3) is 0.300. The lowest BCUT2D eigenvalue weighted by Crippen LogP contribution is -2.51. The second-order valence-electron chi connectivity index (χ2n) is 6.25. The highest BCUT2D eigenvalue weighted by Gasteiger charge is 2.29. The topological polar surface area (TPSA) is 32.8 Å². The zero-order valence-electron chi connectivity index (χ0n) is 14.5. The lowest BCUT2D eigenvalue weighted by molar-refractivity contribution is 0.0546. The van der Waals surface area contributed by atoms with Gasteiger partial charge in [-0.05, 0) is 48.9 Å². The van der Waals surface area contributed by atoms with E-state index in [0.717, 1.165) is 17.9 Å². The summed E-state index contributed by atoms with van der Waals surface area (Å²) in [6, 6.07) is 13.4. The Morgan fingerprint density at radius 2 is 1.85 bits per heavy atom. The van der Waals surface area contributed by atoms with E-state index in [1.54, 1.807) is 24.3 Å². The van der Waals surface area contributed by atoms with Gasteiger partial charge in [-0.1, -0.05) is 23.7 Å². The first-order chi connectivity index (χ1) is 12.6. The molecule has 0 N–H and O–H groups in total. The van der Waals surface area contributed by atoms with Gasteiger partial charge in [0.05, 0.1) is 6.04 Å². The molecule has 1 fully saturated rings. The van der Waals surface area contributed by atoms with Crippen LogP contribution in [0, 0.1) is 5.82 Å². The van der Waals surface area contributed by atoms with Crippen LogP contribution < -0.4 is 4.74 Å². The molecule has 2 aromatic carbocycles. The van der Waals surface area contributed by atoms with E-state index < -0.39 is 0 Å². The summed E-state index contributed by atoms with van der Waals surface area (Å²) < 4.78 is 18.9. The molecule has 0 radical (unpaired) electrons. The van der Waals surface area contributed by atoms with E-state index in [9.17, 15) is 9.18 Å². The van der Waals surface area contributed by atoms with Crippen LogP contribution in [0.5, 0.6) is 5.75 Å². The Bertz CT molecular complexity index is 788. The predicted molar refractivity (Wildman–Crippen MR) is 99.1 cm³/mol. The van der Waals surface area contributed by atoms with Crippen LogP contribution in [0.25, 0.3) is 0 Å². The lowest BCUT2D eigenvalue weighted by Gasteiger charge is -2.40.